The molecule has 1 aromatic rings. The number of amides is 2. The monoisotopic (exact) mass is 352 g/mol. The Morgan fingerprint density at radius 2 is 2.00 bits per heavy atom. The molecule has 7 heteroatoms. The third-order valence-electron chi connectivity index (χ3n) is 4.08. The number of nitrogens with one attached hydrogen (secondary N) is 2. The molecule has 1 fully saturated rings. The quantitative estimate of drug-likeness (QED) is 0.733. The van der Waals surface area contributed by atoms with Gasteiger partial charge in [0.25, 0.3) is 0 Å². The van der Waals surface area contributed by atoms with Gasteiger partial charge < -0.3 is 15.4 Å². The summed E-state index contributed by atoms with van der Waals surface area (Å²) in [5, 5.41) is 5.79. The third kappa shape index (κ3) is 4.96. The number of ether oxygens (including phenoxy) is 1. The van der Waals surface area contributed by atoms with Crippen LogP contribution in [0.1, 0.15) is 31.4 Å². The Kier molecular flexibility index (Phi) is 6.20. The topological polar surface area (TPSA) is 84.5 Å². The van der Waals surface area contributed by atoms with Gasteiger partial charge in [0.2, 0.25) is 11.8 Å². The molecule has 1 saturated carbocycles. The minimum absolute atomic E-state index is 0.00670. The first kappa shape index (κ1) is 18.3. The van der Waals surface area contributed by atoms with E-state index in [-0.39, 0.29) is 30.7 Å². The van der Waals surface area contributed by atoms with Crippen LogP contribution in [0.3, 0.4) is 0 Å². The highest BCUT2D eigenvalue weighted by molar-refractivity contribution is 6.31. The standard InChI is InChI=1S/C17H21ClN2O4/c1-10-7-12(10)17(23)19-9-15(21)20-14(8-16(22)24-2)11-5-3-4-6-13(11)18/h3-6,10,12,14H,7-9H2,1-2H3,(H,19,23)(H,20,21)/t10-,12+,14-/m0/s1. The molecular weight excluding hydrogens is 332 g/mol. The molecule has 0 radical (unpaired) electrons. The zero-order chi connectivity index (χ0) is 17.7. The van der Waals surface area contributed by atoms with Crippen molar-refractivity contribution in [2.24, 2.45) is 11.8 Å². The normalized spacial score (nSPS) is 20.0. The van der Waals surface area contributed by atoms with Crippen molar-refractivity contribution in [3.63, 3.8) is 0 Å². The van der Waals surface area contributed by atoms with Crippen molar-refractivity contribution in [2.45, 2.75) is 25.8 Å². The number of methoxy groups -OCH3 is 1. The van der Waals surface area contributed by atoms with Crippen molar-refractivity contribution < 1.29 is 19.1 Å². The van der Waals surface area contributed by atoms with Crippen molar-refractivity contribution in [3.05, 3.63) is 34.9 Å². The van der Waals surface area contributed by atoms with Gasteiger partial charge in [-0.25, -0.2) is 0 Å². The third-order valence-corrected chi connectivity index (χ3v) is 4.43. The van der Waals surface area contributed by atoms with Gasteiger partial charge in [-0.3, -0.25) is 14.4 Å². The summed E-state index contributed by atoms with van der Waals surface area (Å²) in [6.45, 7) is 1.86. The predicted octanol–water partition coefficient (Wildman–Crippen LogP) is 1.83. The van der Waals surface area contributed by atoms with Gasteiger partial charge in [-0.1, -0.05) is 36.7 Å². The molecule has 0 unspecified atom stereocenters. The largest absolute Gasteiger partial charge is 0.469 e. The van der Waals surface area contributed by atoms with Crippen LogP contribution in [0.5, 0.6) is 0 Å². The van der Waals surface area contributed by atoms with E-state index in [1.54, 1.807) is 24.3 Å². The summed E-state index contributed by atoms with van der Waals surface area (Å²) in [4.78, 5) is 35.5. The van der Waals surface area contributed by atoms with Gasteiger partial charge >= 0.3 is 5.97 Å². The molecule has 1 aromatic carbocycles. The molecule has 2 rings (SSSR count). The molecule has 2 amide bonds. The van der Waals surface area contributed by atoms with Gasteiger partial charge in [-0.05, 0) is 24.0 Å². The lowest BCUT2D eigenvalue weighted by Crippen LogP contribution is -2.40. The number of carbonyl (C=O) groups is 3. The number of carbonyl (C=O) groups excluding carboxylic acids is 3. The summed E-state index contributed by atoms with van der Waals surface area (Å²) in [5.41, 5.74) is 0.625. The number of hydrogen-bond acceptors (Lipinski definition) is 4. The second-order valence-corrected chi connectivity index (χ2v) is 6.37. The van der Waals surface area contributed by atoms with Crippen LogP contribution in [0.25, 0.3) is 0 Å². The average molecular weight is 353 g/mol. The Hall–Kier alpha value is -2.08. The first-order valence-corrected chi connectivity index (χ1v) is 8.18. The summed E-state index contributed by atoms with van der Waals surface area (Å²) in [6, 6.07) is 6.34. The van der Waals surface area contributed by atoms with Crippen LogP contribution >= 0.6 is 11.6 Å². The zero-order valence-corrected chi connectivity index (χ0v) is 14.4. The number of rotatable bonds is 7. The Balaban J connectivity index is 1.96. The van der Waals surface area contributed by atoms with Gasteiger partial charge in [-0.15, -0.1) is 0 Å². The fourth-order valence-electron chi connectivity index (χ4n) is 2.48. The van der Waals surface area contributed by atoms with E-state index in [4.69, 9.17) is 11.6 Å². The molecule has 0 bridgehead atoms. The van der Waals surface area contributed by atoms with Crippen LogP contribution in [0.2, 0.25) is 5.02 Å². The first-order valence-electron chi connectivity index (χ1n) is 7.80. The van der Waals surface area contributed by atoms with E-state index in [9.17, 15) is 14.4 Å². The second-order valence-electron chi connectivity index (χ2n) is 5.96. The average Bonchev–Trinajstić information content (AvgIpc) is 3.29. The van der Waals surface area contributed by atoms with Crippen LogP contribution < -0.4 is 10.6 Å². The van der Waals surface area contributed by atoms with Crippen LogP contribution in [0.4, 0.5) is 0 Å². The fraction of sp³-hybridized carbons (Fsp3) is 0.471. The maximum atomic E-state index is 12.1. The number of hydrogen-bond donors (Lipinski definition) is 2. The van der Waals surface area contributed by atoms with Crippen LogP contribution in [-0.2, 0) is 19.1 Å². The summed E-state index contributed by atoms with van der Waals surface area (Å²) >= 11 is 6.15. The highest BCUT2D eigenvalue weighted by atomic mass is 35.5. The van der Waals surface area contributed by atoms with E-state index in [2.05, 4.69) is 15.4 Å². The van der Waals surface area contributed by atoms with E-state index < -0.39 is 12.0 Å². The van der Waals surface area contributed by atoms with E-state index in [1.807, 2.05) is 6.92 Å². The molecule has 24 heavy (non-hydrogen) atoms. The highest BCUT2D eigenvalue weighted by Gasteiger charge is 2.39. The summed E-state index contributed by atoms with van der Waals surface area (Å²) in [5.74, 6) is -0.572. The van der Waals surface area contributed by atoms with Crippen molar-refractivity contribution in [3.8, 4) is 0 Å². The molecule has 2 N–H and O–H groups in total. The number of halogens is 1. The molecule has 0 heterocycles. The number of benzene rings is 1. The summed E-state index contributed by atoms with van der Waals surface area (Å²) in [6.07, 6.45) is 0.817. The highest BCUT2D eigenvalue weighted by Crippen LogP contribution is 2.37. The Morgan fingerprint density at radius 1 is 1.33 bits per heavy atom. The van der Waals surface area contributed by atoms with Crippen molar-refractivity contribution in [1.29, 1.82) is 0 Å². The van der Waals surface area contributed by atoms with Crippen molar-refractivity contribution in [2.75, 3.05) is 13.7 Å². The van der Waals surface area contributed by atoms with Crippen LogP contribution in [0.15, 0.2) is 24.3 Å². The van der Waals surface area contributed by atoms with Crippen LogP contribution in [0, 0.1) is 11.8 Å². The molecule has 1 aliphatic carbocycles. The minimum Gasteiger partial charge on any atom is -0.469 e. The Labute approximate surface area is 145 Å². The Morgan fingerprint density at radius 3 is 2.58 bits per heavy atom. The SMILES string of the molecule is COC(=O)C[C@H](NC(=O)CNC(=O)[C@@H]1C[C@@H]1C)c1ccccc1Cl. The molecule has 0 saturated heterocycles. The molecular formula is C17H21ClN2O4. The lowest BCUT2D eigenvalue weighted by molar-refractivity contribution is -0.141. The van der Waals surface area contributed by atoms with Crippen molar-refractivity contribution >= 4 is 29.4 Å². The van der Waals surface area contributed by atoms with Gasteiger partial charge in [-0.2, -0.15) is 0 Å². The van der Waals surface area contributed by atoms with E-state index in [0.29, 0.717) is 16.5 Å². The van der Waals surface area contributed by atoms with E-state index >= 15 is 0 Å². The van der Waals surface area contributed by atoms with Gasteiger partial charge in [0.15, 0.2) is 0 Å². The number of esters is 1. The fourth-order valence-corrected chi connectivity index (χ4v) is 2.75. The molecule has 0 aliphatic heterocycles. The van der Waals surface area contributed by atoms with Crippen LogP contribution in [-0.4, -0.2) is 31.4 Å². The Bertz CT molecular complexity index is 635. The van der Waals surface area contributed by atoms with Gasteiger partial charge in [0.1, 0.15) is 0 Å². The predicted molar refractivity (Wildman–Crippen MR) is 89.2 cm³/mol. The minimum atomic E-state index is -0.615. The summed E-state index contributed by atoms with van der Waals surface area (Å²) in [7, 11) is 1.28. The molecule has 1 aliphatic rings. The molecule has 130 valence electrons. The van der Waals surface area contributed by atoms with Gasteiger partial charge in [0, 0.05) is 10.9 Å². The first-order chi connectivity index (χ1) is 11.4. The molecule has 0 aromatic heterocycles. The lowest BCUT2D eigenvalue weighted by Gasteiger charge is -2.19. The lowest BCUT2D eigenvalue weighted by atomic mass is 10.0. The molecule has 3 atom stereocenters. The molecule has 0 spiro atoms. The van der Waals surface area contributed by atoms with Gasteiger partial charge in [0.05, 0.1) is 26.1 Å². The van der Waals surface area contributed by atoms with E-state index in [1.165, 1.54) is 7.11 Å². The maximum absolute atomic E-state index is 12.1. The summed E-state index contributed by atoms with van der Waals surface area (Å²) < 4.78 is 4.67. The zero-order valence-electron chi connectivity index (χ0n) is 13.7. The van der Waals surface area contributed by atoms with E-state index in [0.717, 1.165) is 6.42 Å². The maximum Gasteiger partial charge on any atom is 0.307 e. The van der Waals surface area contributed by atoms with Crippen molar-refractivity contribution in [1.82, 2.24) is 10.6 Å². The molecule has 6 nitrogen and oxygen atoms in total. The smallest absolute Gasteiger partial charge is 0.307 e. The second kappa shape index (κ2) is 8.15.